The first-order chi connectivity index (χ1) is 14.5. The summed E-state index contributed by atoms with van der Waals surface area (Å²) in [5, 5.41) is 4.88. The molecule has 0 saturated heterocycles. The Morgan fingerprint density at radius 2 is 1.90 bits per heavy atom. The van der Waals surface area contributed by atoms with Crippen LogP contribution in [0, 0.1) is 13.8 Å². The number of aromatic nitrogens is 1. The summed E-state index contributed by atoms with van der Waals surface area (Å²) in [6.07, 6.45) is 7.71. The van der Waals surface area contributed by atoms with Crippen molar-refractivity contribution in [2.45, 2.75) is 33.6 Å². The first kappa shape index (κ1) is 22.1. The lowest BCUT2D eigenvalue weighted by Gasteiger charge is -2.15. The molecule has 0 unspecified atom stereocenters. The van der Waals surface area contributed by atoms with E-state index in [-0.39, 0.29) is 0 Å². The van der Waals surface area contributed by atoms with Crippen LogP contribution in [0.25, 0.3) is 5.70 Å². The highest BCUT2D eigenvalue weighted by molar-refractivity contribution is 6.31. The first-order valence-electron chi connectivity index (χ1n) is 9.97. The number of unbranched alkanes of at least 4 members (excludes halogenated alkanes) is 1. The molecule has 0 bridgehead atoms. The van der Waals surface area contributed by atoms with Crippen molar-refractivity contribution in [1.82, 2.24) is 4.98 Å². The Hall–Kier alpha value is -2.62. The summed E-state index contributed by atoms with van der Waals surface area (Å²) in [6.45, 7) is 6.19. The quantitative estimate of drug-likeness (QED) is 0.316. The zero-order valence-corrected chi connectivity index (χ0v) is 18.9. The summed E-state index contributed by atoms with van der Waals surface area (Å²) in [5.41, 5.74) is 5.78. The van der Waals surface area contributed by atoms with E-state index in [1.165, 1.54) is 0 Å². The molecule has 0 saturated carbocycles. The highest BCUT2D eigenvalue weighted by Gasteiger charge is 2.12. The van der Waals surface area contributed by atoms with Crippen LogP contribution in [0.5, 0.6) is 0 Å². The number of rotatable bonds is 6. The van der Waals surface area contributed by atoms with E-state index in [4.69, 9.17) is 28.2 Å². The van der Waals surface area contributed by atoms with Gasteiger partial charge in [-0.15, -0.1) is 0 Å². The van der Waals surface area contributed by atoms with Crippen molar-refractivity contribution in [2.75, 3.05) is 5.32 Å². The van der Waals surface area contributed by atoms with Crippen LogP contribution in [-0.2, 0) is 0 Å². The predicted octanol–water partition coefficient (Wildman–Crippen LogP) is 7.71. The second-order valence-electron chi connectivity index (χ2n) is 7.13. The number of allylic oxidation sites excluding steroid dienone is 1. The zero-order chi connectivity index (χ0) is 21.5. The molecular formula is C25H25Cl2N3. The topological polar surface area (TPSA) is 37.3 Å². The molecule has 0 amide bonds. The van der Waals surface area contributed by atoms with Gasteiger partial charge in [-0.3, -0.25) is 4.98 Å². The van der Waals surface area contributed by atoms with E-state index >= 15 is 0 Å². The minimum atomic E-state index is 0.665. The van der Waals surface area contributed by atoms with Gasteiger partial charge in [0, 0.05) is 39.3 Å². The lowest BCUT2D eigenvalue weighted by Crippen LogP contribution is -2.15. The molecule has 154 valence electrons. The molecule has 1 N–H and O–H groups in total. The fraction of sp³-hybridized carbons (Fsp3) is 0.200. The molecule has 2 aromatic carbocycles. The third-order valence-corrected chi connectivity index (χ3v) is 5.35. The van der Waals surface area contributed by atoms with Crippen molar-refractivity contribution in [3.05, 3.63) is 99.3 Å². The average molecular weight is 438 g/mol. The zero-order valence-electron chi connectivity index (χ0n) is 17.4. The molecule has 1 aromatic heterocycles. The van der Waals surface area contributed by atoms with Crippen molar-refractivity contribution in [3.8, 4) is 0 Å². The fourth-order valence-corrected chi connectivity index (χ4v) is 3.30. The molecule has 0 spiro atoms. The summed E-state index contributed by atoms with van der Waals surface area (Å²) >= 11 is 12.5. The van der Waals surface area contributed by atoms with Gasteiger partial charge in [0.05, 0.1) is 5.70 Å². The summed E-state index contributed by atoms with van der Waals surface area (Å²) in [7, 11) is 0. The largest absolute Gasteiger partial charge is 0.340 e. The lowest BCUT2D eigenvalue weighted by atomic mass is 10.1. The van der Waals surface area contributed by atoms with Gasteiger partial charge in [0.25, 0.3) is 0 Å². The maximum Gasteiger partial charge on any atom is 0.138 e. The van der Waals surface area contributed by atoms with Crippen LogP contribution in [0.3, 0.4) is 0 Å². The third-order valence-electron chi connectivity index (χ3n) is 4.69. The van der Waals surface area contributed by atoms with Gasteiger partial charge in [-0.25, -0.2) is 4.99 Å². The SMILES string of the molecule is CCC/C=C(/N=C(Nc1ccc(Cl)c(C)c1)c1cc(Cl)ccc1C)c1cccnc1. The Kier molecular flexibility index (Phi) is 7.67. The maximum absolute atomic E-state index is 6.32. The van der Waals surface area contributed by atoms with E-state index in [2.05, 4.69) is 30.2 Å². The number of aliphatic imine (C=N–C) groups is 1. The van der Waals surface area contributed by atoms with Gasteiger partial charge in [0.15, 0.2) is 0 Å². The number of nitrogens with zero attached hydrogens (tertiary/aromatic N) is 2. The van der Waals surface area contributed by atoms with E-state index in [1.807, 2.05) is 61.7 Å². The molecule has 3 nitrogen and oxygen atoms in total. The smallest absolute Gasteiger partial charge is 0.138 e. The minimum Gasteiger partial charge on any atom is -0.340 e. The van der Waals surface area contributed by atoms with Crippen LogP contribution in [0.2, 0.25) is 10.0 Å². The molecule has 0 aliphatic heterocycles. The van der Waals surface area contributed by atoms with E-state index < -0.39 is 0 Å². The van der Waals surface area contributed by atoms with Crippen LogP contribution < -0.4 is 5.32 Å². The summed E-state index contributed by atoms with van der Waals surface area (Å²) < 4.78 is 0. The molecule has 3 rings (SSSR count). The summed E-state index contributed by atoms with van der Waals surface area (Å²) in [6, 6.07) is 15.6. The fourth-order valence-electron chi connectivity index (χ4n) is 3.01. The average Bonchev–Trinajstić information content (AvgIpc) is 2.75. The molecule has 5 heteroatoms. The van der Waals surface area contributed by atoms with Crippen LogP contribution >= 0.6 is 23.2 Å². The molecule has 0 atom stereocenters. The number of hydrogen-bond acceptors (Lipinski definition) is 2. The number of pyridine rings is 1. The molecular weight excluding hydrogens is 413 g/mol. The number of nitrogens with one attached hydrogen (secondary N) is 1. The standard InChI is InChI=1S/C25H25Cl2N3/c1-4-5-8-24(19-7-6-13-28-16-19)30-25(22-15-20(26)10-9-17(22)2)29-21-11-12-23(27)18(3)14-21/h6-16H,4-5H2,1-3H3,(H,29,30)/b24-8+. The summed E-state index contributed by atoms with van der Waals surface area (Å²) in [4.78, 5) is 9.30. The molecule has 3 aromatic rings. The molecule has 0 aliphatic carbocycles. The minimum absolute atomic E-state index is 0.665. The number of hydrogen-bond donors (Lipinski definition) is 1. The molecule has 30 heavy (non-hydrogen) atoms. The van der Waals surface area contributed by atoms with Crippen LogP contribution in [0.1, 0.15) is 42.0 Å². The van der Waals surface area contributed by atoms with Crippen molar-refractivity contribution in [2.24, 2.45) is 4.99 Å². The van der Waals surface area contributed by atoms with Crippen molar-refractivity contribution in [1.29, 1.82) is 0 Å². The maximum atomic E-state index is 6.32. The Morgan fingerprint density at radius 3 is 2.60 bits per heavy atom. The first-order valence-corrected chi connectivity index (χ1v) is 10.7. The van der Waals surface area contributed by atoms with Gasteiger partial charge in [-0.1, -0.05) is 48.7 Å². The predicted molar refractivity (Wildman–Crippen MR) is 130 cm³/mol. The van der Waals surface area contributed by atoms with Gasteiger partial charge in [-0.2, -0.15) is 0 Å². The van der Waals surface area contributed by atoms with E-state index in [0.29, 0.717) is 5.02 Å². The number of halogens is 2. The van der Waals surface area contributed by atoms with Gasteiger partial charge in [0.2, 0.25) is 0 Å². The second kappa shape index (κ2) is 10.4. The third kappa shape index (κ3) is 5.71. The lowest BCUT2D eigenvalue weighted by molar-refractivity contribution is 0.958. The number of benzene rings is 2. The normalized spacial score (nSPS) is 12.2. The van der Waals surface area contributed by atoms with Gasteiger partial charge in [-0.05, 0) is 73.9 Å². The van der Waals surface area contributed by atoms with Crippen LogP contribution in [-0.4, -0.2) is 10.8 Å². The highest BCUT2D eigenvalue weighted by Crippen LogP contribution is 2.24. The Labute approximate surface area is 188 Å². The summed E-state index contributed by atoms with van der Waals surface area (Å²) in [5.74, 6) is 0.725. The molecule has 0 aliphatic rings. The monoisotopic (exact) mass is 437 g/mol. The number of amidine groups is 1. The van der Waals surface area contributed by atoms with E-state index in [1.54, 1.807) is 6.20 Å². The van der Waals surface area contributed by atoms with Crippen molar-refractivity contribution in [3.63, 3.8) is 0 Å². The molecule has 0 fully saturated rings. The van der Waals surface area contributed by atoms with Crippen molar-refractivity contribution < 1.29 is 0 Å². The molecule has 1 heterocycles. The van der Waals surface area contributed by atoms with E-state index in [0.717, 1.165) is 57.3 Å². The van der Waals surface area contributed by atoms with Gasteiger partial charge < -0.3 is 5.32 Å². The van der Waals surface area contributed by atoms with Gasteiger partial charge >= 0.3 is 0 Å². The Balaban J connectivity index is 2.13. The molecule has 0 radical (unpaired) electrons. The van der Waals surface area contributed by atoms with Crippen molar-refractivity contribution >= 4 is 40.4 Å². The van der Waals surface area contributed by atoms with E-state index in [9.17, 15) is 0 Å². The van der Waals surface area contributed by atoms with Gasteiger partial charge in [0.1, 0.15) is 5.84 Å². The van der Waals surface area contributed by atoms with Crippen LogP contribution in [0.15, 0.2) is 72.0 Å². The second-order valence-corrected chi connectivity index (χ2v) is 7.97. The number of anilines is 1. The highest BCUT2D eigenvalue weighted by atomic mass is 35.5. The van der Waals surface area contributed by atoms with Crippen LogP contribution in [0.4, 0.5) is 5.69 Å². The Bertz CT molecular complexity index is 1070. The number of aryl methyl sites for hydroxylation is 2. The Morgan fingerprint density at radius 1 is 1.07 bits per heavy atom.